The molecule has 0 aliphatic carbocycles. The molecule has 0 saturated carbocycles. The first-order valence-corrected chi connectivity index (χ1v) is 6.45. The molecule has 0 saturated heterocycles. The zero-order valence-corrected chi connectivity index (χ0v) is 11.8. The quantitative estimate of drug-likeness (QED) is 0.772. The highest BCUT2D eigenvalue weighted by Crippen LogP contribution is 2.28. The Hall–Kier alpha value is -2.50. The van der Waals surface area contributed by atoms with Crippen LogP contribution in [0.25, 0.3) is 6.08 Å². The predicted molar refractivity (Wildman–Crippen MR) is 76.1 cm³/mol. The van der Waals surface area contributed by atoms with Gasteiger partial charge in [-0.2, -0.15) is 13.2 Å². The van der Waals surface area contributed by atoms with Gasteiger partial charge < -0.3 is 9.47 Å². The first kappa shape index (κ1) is 15.9. The Balaban J connectivity index is 2.12. The lowest BCUT2D eigenvalue weighted by Crippen LogP contribution is -2.09. The lowest BCUT2D eigenvalue weighted by molar-refractivity contribution is -0.141. The Morgan fingerprint density at radius 1 is 1.09 bits per heavy atom. The van der Waals surface area contributed by atoms with Gasteiger partial charge in [-0.25, -0.2) is 4.98 Å². The third-order valence-electron chi connectivity index (χ3n) is 2.83. The highest BCUT2D eigenvalue weighted by atomic mass is 19.4. The third-order valence-corrected chi connectivity index (χ3v) is 2.83. The molecule has 0 radical (unpaired) electrons. The Morgan fingerprint density at radius 3 is 2.59 bits per heavy atom. The number of halogens is 3. The van der Waals surface area contributed by atoms with Gasteiger partial charge in [0.05, 0.1) is 13.4 Å². The number of hydrogen-bond donors (Lipinski definition) is 0. The second-order valence-corrected chi connectivity index (χ2v) is 4.38. The van der Waals surface area contributed by atoms with Crippen molar-refractivity contribution in [3.8, 4) is 5.88 Å². The van der Waals surface area contributed by atoms with Crippen LogP contribution in [0.1, 0.15) is 16.8 Å². The van der Waals surface area contributed by atoms with Gasteiger partial charge in [-0.3, -0.25) is 0 Å². The number of ether oxygens (including phenoxy) is 2. The average Bonchev–Trinajstić information content (AvgIpc) is 2.51. The molecular formula is C16H14F3NO2. The van der Waals surface area contributed by atoms with Crippen molar-refractivity contribution in [2.75, 3.05) is 7.11 Å². The Bertz CT molecular complexity index is 654. The number of aromatic nitrogens is 1. The van der Waals surface area contributed by atoms with Crippen LogP contribution in [-0.4, -0.2) is 12.1 Å². The van der Waals surface area contributed by atoms with E-state index in [1.54, 1.807) is 6.08 Å². The summed E-state index contributed by atoms with van der Waals surface area (Å²) in [5.74, 6) is -0.0691. The summed E-state index contributed by atoms with van der Waals surface area (Å²) in [6.07, 6.45) is -1.22. The lowest BCUT2D eigenvalue weighted by Gasteiger charge is -2.10. The van der Waals surface area contributed by atoms with Crippen LogP contribution in [0.3, 0.4) is 0 Å². The van der Waals surface area contributed by atoms with Crippen molar-refractivity contribution in [3.63, 3.8) is 0 Å². The number of hydrogen-bond acceptors (Lipinski definition) is 3. The second kappa shape index (κ2) is 6.98. The van der Waals surface area contributed by atoms with Crippen LogP contribution >= 0.6 is 0 Å². The highest BCUT2D eigenvalue weighted by Gasteiger charge is 2.32. The maximum atomic E-state index is 12.6. The average molecular weight is 309 g/mol. The number of nitrogens with zero attached hydrogens (tertiary/aromatic N) is 1. The van der Waals surface area contributed by atoms with Gasteiger partial charge in [0.2, 0.25) is 5.88 Å². The normalized spacial score (nSPS) is 11.6. The maximum Gasteiger partial charge on any atom is 0.433 e. The van der Waals surface area contributed by atoms with E-state index < -0.39 is 11.9 Å². The van der Waals surface area contributed by atoms with Crippen LogP contribution in [0.2, 0.25) is 0 Å². The molecule has 2 aromatic rings. The molecule has 0 N–H and O–H groups in total. The predicted octanol–water partition coefficient (Wildman–Crippen LogP) is 4.30. The van der Waals surface area contributed by atoms with Gasteiger partial charge in [-0.1, -0.05) is 30.3 Å². The van der Waals surface area contributed by atoms with Crippen molar-refractivity contribution in [3.05, 3.63) is 65.5 Å². The minimum Gasteiger partial charge on any atom is -0.504 e. The van der Waals surface area contributed by atoms with E-state index in [1.807, 2.05) is 24.3 Å². The number of alkyl halides is 3. The summed E-state index contributed by atoms with van der Waals surface area (Å²) in [5, 5.41) is 0. The van der Waals surface area contributed by atoms with Gasteiger partial charge in [-0.05, 0) is 23.3 Å². The van der Waals surface area contributed by atoms with E-state index in [1.165, 1.54) is 25.5 Å². The molecule has 0 aliphatic rings. The van der Waals surface area contributed by atoms with Crippen molar-refractivity contribution >= 4 is 6.08 Å². The summed E-state index contributed by atoms with van der Waals surface area (Å²) < 4.78 is 48.0. The standard InChI is InChI=1S/C16H14F3NO2/c1-21-10-9-12-5-2-3-6-13(12)11-22-15-8-4-7-14(20-15)16(17,18)19/h2-10H,11H2,1H3/b10-9+. The van der Waals surface area contributed by atoms with Crippen molar-refractivity contribution in [1.29, 1.82) is 0 Å². The molecule has 0 fully saturated rings. The molecule has 0 atom stereocenters. The molecule has 0 unspecified atom stereocenters. The number of benzene rings is 1. The van der Waals surface area contributed by atoms with E-state index in [4.69, 9.17) is 9.47 Å². The minimum absolute atomic E-state index is 0.0691. The van der Waals surface area contributed by atoms with E-state index in [0.29, 0.717) is 0 Å². The fourth-order valence-electron chi connectivity index (χ4n) is 1.77. The summed E-state index contributed by atoms with van der Waals surface area (Å²) in [5.41, 5.74) is 0.698. The summed E-state index contributed by atoms with van der Waals surface area (Å²) >= 11 is 0. The molecule has 22 heavy (non-hydrogen) atoms. The number of methoxy groups -OCH3 is 1. The van der Waals surface area contributed by atoms with Crippen molar-refractivity contribution < 1.29 is 22.6 Å². The van der Waals surface area contributed by atoms with Crippen LogP contribution < -0.4 is 4.74 Å². The second-order valence-electron chi connectivity index (χ2n) is 4.38. The molecular weight excluding hydrogens is 295 g/mol. The molecule has 2 rings (SSSR count). The fraction of sp³-hybridized carbons (Fsp3) is 0.188. The summed E-state index contributed by atoms with van der Waals surface area (Å²) in [6.45, 7) is 0.110. The van der Waals surface area contributed by atoms with Crippen LogP contribution in [-0.2, 0) is 17.5 Å². The largest absolute Gasteiger partial charge is 0.504 e. The molecule has 0 amide bonds. The van der Waals surface area contributed by atoms with E-state index >= 15 is 0 Å². The SMILES string of the molecule is CO/C=C/c1ccccc1COc1cccc(C(F)(F)F)n1. The Labute approximate surface area is 126 Å². The molecule has 1 aromatic carbocycles. The van der Waals surface area contributed by atoms with Crippen molar-refractivity contribution in [2.24, 2.45) is 0 Å². The Morgan fingerprint density at radius 2 is 1.86 bits per heavy atom. The number of rotatable bonds is 5. The molecule has 0 aliphatic heterocycles. The van der Waals surface area contributed by atoms with Crippen molar-refractivity contribution in [1.82, 2.24) is 4.98 Å². The van der Waals surface area contributed by atoms with Gasteiger partial charge >= 0.3 is 6.18 Å². The highest BCUT2D eigenvalue weighted by molar-refractivity contribution is 5.52. The minimum atomic E-state index is -4.49. The zero-order chi connectivity index (χ0) is 16.0. The van der Waals surface area contributed by atoms with Gasteiger partial charge in [-0.15, -0.1) is 0 Å². The van der Waals surface area contributed by atoms with E-state index in [-0.39, 0.29) is 12.5 Å². The third kappa shape index (κ3) is 4.25. The monoisotopic (exact) mass is 309 g/mol. The van der Waals surface area contributed by atoms with Crippen LogP contribution in [0.5, 0.6) is 5.88 Å². The van der Waals surface area contributed by atoms with Crippen molar-refractivity contribution in [2.45, 2.75) is 12.8 Å². The molecule has 1 heterocycles. The summed E-state index contributed by atoms with van der Waals surface area (Å²) in [6, 6.07) is 10.9. The molecule has 6 heteroatoms. The van der Waals surface area contributed by atoms with Gasteiger partial charge in [0, 0.05) is 6.07 Å². The smallest absolute Gasteiger partial charge is 0.433 e. The summed E-state index contributed by atoms with van der Waals surface area (Å²) in [4.78, 5) is 3.46. The lowest BCUT2D eigenvalue weighted by atomic mass is 10.1. The van der Waals surface area contributed by atoms with E-state index in [9.17, 15) is 13.2 Å². The van der Waals surface area contributed by atoms with Gasteiger partial charge in [0.25, 0.3) is 0 Å². The zero-order valence-electron chi connectivity index (χ0n) is 11.8. The van der Waals surface area contributed by atoms with Gasteiger partial charge in [0.15, 0.2) is 0 Å². The molecule has 0 spiro atoms. The molecule has 3 nitrogen and oxygen atoms in total. The first-order chi connectivity index (χ1) is 10.5. The fourth-order valence-corrected chi connectivity index (χ4v) is 1.77. The van der Waals surface area contributed by atoms with E-state index in [2.05, 4.69) is 4.98 Å². The maximum absolute atomic E-state index is 12.6. The topological polar surface area (TPSA) is 31.4 Å². The molecule has 1 aromatic heterocycles. The molecule has 0 bridgehead atoms. The summed E-state index contributed by atoms with van der Waals surface area (Å²) in [7, 11) is 1.53. The van der Waals surface area contributed by atoms with Crippen LogP contribution in [0.4, 0.5) is 13.2 Å². The van der Waals surface area contributed by atoms with Crippen LogP contribution in [0.15, 0.2) is 48.7 Å². The van der Waals surface area contributed by atoms with Crippen LogP contribution in [0, 0.1) is 0 Å². The van der Waals surface area contributed by atoms with Gasteiger partial charge in [0.1, 0.15) is 12.3 Å². The first-order valence-electron chi connectivity index (χ1n) is 6.45. The molecule has 116 valence electrons. The van der Waals surface area contributed by atoms with E-state index in [0.717, 1.165) is 17.2 Å². The number of pyridine rings is 1. The Kier molecular flexibility index (Phi) is 5.04.